The molecule has 0 spiro atoms. The summed E-state index contributed by atoms with van der Waals surface area (Å²) in [6.07, 6.45) is 9.94. The third-order valence-electron chi connectivity index (χ3n) is 7.67. The summed E-state index contributed by atoms with van der Waals surface area (Å²) in [6.45, 7) is 6.86. The first-order valence-corrected chi connectivity index (χ1v) is 13.6. The fourth-order valence-corrected chi connectivity index (χ4v) is 5.61. The van der Waals surface area contributed by atoms with E-state index in [4.69, 9.17) is 19.2 Å². The molecule has 2 aliphatic rings. The summed E-state index contributed by atoms with van der Waals surface area (Å²) in [5.74, 6) is 1.22. The van der Waals surface area contributed by atoms with Crippen molar-refractivity contribution >= 4 is 34.2 Å². The lowest BCUT2D eigenvalue weighted by molar-refractivity contribution is -0.144. The highest BCUT2D eigenvalue weighted by Crippen LogP contribution is 2.38. The predicted molar refractivity (Wildman–Crippen MR) is 149 cm³/mol. The summed E-state index contributed by atoms with van der Waals surface area (Å²) in [6, 6.07) is 6.00. The van der Waals surface area contributed by atoms with Crippen molar-refractivity contribution in [2.45, 2.75) is 58.5 Å². The lowest BCUT2D eigenvalue weighted by Gasteiger charge is -2.26. The Bertz CT molecular complexity index is 1420. The van der Waals surface area contributed by atoms with Crippen LogP contribution in [0.25, 0.3) is 22.3 Å². The van der Waals surface area contributed by atoms with E-state index in [1.165, 1.54) is 12.5 Å². The molecule has 3 aromatic rings. The number of allylic oxidation sites excluding steroid dienone is 2. The lowest BCUT2D eigenvalue weighted by Crippen LogP contribution is -2.30. The SMILES string of the molecule is CCOC(=O)CC1CC=C(c2cn(-c3cc(C)cc(C4(OC)CCOC4)n3)c3cc(NC(C)=O)ncc23)CC1. The average molecular weight is 533 g/mol. The molecule has 1 aliphatic carbocycles. The Morgan fingerprint density at radius 2 is 2.13 bits per heavy atom. The maximum atomic E-state index is 12.0. The number of esters is 1. The topological polar surface area (TPSA) is 105 Å². The Hall–Kier alpha value is -3.56. The highest BCUT2D eigenvalue weighted by molar-refractivity contribution is 5.96. The molecule has 0 aromatic carbocycles. The standard InChI is InChI=1S/C30H36N4O5/c1-5-39-29(36)14-21-6-8-22(9-7-21)24-17-34(25-15-27(32-20(3)35)31-16-23(24)25)28-13-19(2)12-26(33-28)30(37-4)10-11-38-18-30/h8,12-13,15-17,21H,5-7,9-11,14,18H2,1-4H3,(H,31,32,35). The smallest absolute Gasteiger partial charge is 0.306 e. The van der Waals surface area contributed by atoms with Crippen molar-refractivity contribution < 1.29 is 23.8 Å². The Balaban J connectivity index is 1.57. The minimum atomic E-state index is -0.574. The van der Waals surface area contributed by atoms with Crippen LogP contribution >= 0.6 is 0 Å². The molecule has 2 atom stereocenters. The van der Waals surface area contributed by atoms with Crippen LogP contribution in [-0.2, 0) is 29.4 Å². The second kappa shape index (κ2) is 11.3. The summed E-state index contributed by atoms with van der Waals surface area (Å²) in [4.78, 5) is 33.3. The molecule has 1 saturated heterocycles. The molecule has 206 valence electrons. The molecule has 1 fully saturated rings. The molecule has 3 aromatic heterocycles. The third-order valence-corrected chi connectivity index (χ3v) is 7.67. The van der Waals surface area contributed by atoms with Crippen molar-refractivity contribution in [2.75, 3.05) is 32.2 Å². The number of nitrogens with one attached hydrogen (secondary N) is 1. The molecule has 1 amide bonds. The lowest BCUT2D eigenvalue weighted by atomic mass is 9.85. The fourth-order valence-electron chi connectivity index (χ4n) is 5.61. The van der Waals surface area contributed by atoms with E-state index in [0.29, 0.717) is 32.1 Å². The summed E-state index contributed by atoms with van der Waals surface area (Å²) >= 11 is 0. The molecule has 1 N–H and O–H groups in total. The highest BCUT2D eigenvalue weighted by Gasteiger charge is 2.38. The minimum Gasteiger partial charge on any atom is -0.466 e. The fraction of sp³-hybridized carbons (Fsp3) is 0.467. The van der Waals surface area contributed by atoms with Gasteiger partial charge in [0.05, 0.1) is 24.4 Å². The van der Waals surface area contributed by atoms with Gasteiger partial charge in [-0.2, -0.15) is 0 Å². The number of hydrogen-bond donors (Lipinski definition) is 1. The number of amides is 1. The summed E-state index contributed by atoms with van der Waals surface area (Å²) < 4.78 is 18.8. The quantitative estimate of drug-likeness (QED) is 0.403. The zero-order valence-corrected chi connectivity index (χ0v) is 23.1. The van der Waals surface area contributed by atoms with Crippen LogP contribution in [0.5, 0.6) is 0 Å². The molecule has 39 heavy (non-hydrogen) atoms. The van der Waals surface area contributed by atoms with Gasteiger partial charge < -0.3 is 24.1 Å². The first-order chi connectivity index (χ1) is 18.8. The van der Waals surface area contributed by atoms with Crippen LogP contribution in [0.3, 0.4) is 0 Å². The highest BCUT2D eigenvalue weighted by atomic mass is 16.5. The molecular weight excluding hydrogens is 496 g/mol. The molecule has 9 nitrogen and oxygen atoms in total. The molecule has 0 saturated carbocycles. The van der Waals surface area contributed by atoms with E-state index < -0.39 is 5.60 Å². The summed E-state index contributed by atoms with van der Waals surface area (Å²) in [5.41, 5.74) is 4.54. The van der Waals surface area contributed by atoms with E-state index >= 15 is 0 Å². The molecule has 9 heteroatoms. The Morgan fingerprint density at radius 1 is 1.28 bits per heavy atom. The number of aryl methyl sites for hydroxylation is 1. The number of carbonyl (C=O) groups excluding carboxylic acids is 2. The number of rotatable bonds is 8. The maximum Gasteiger partial charge on any atom is 0.306 e. The van der Waals surface area contributed by atoms with Gasteiger partial charge in [0.25, 0.3) is 0 Å². The largest absolute Gasteiger partial charge is 0.466 e. The number of fused-ring (bicyclic) bond motifs is 1. The van der Waals surface area contributed by atoms with Gasteiger partial charge in [0, 0.05) is 62.9 Å². The van der Waals surface area contributed by atoms with E-state index in [9.17, 15) is 9.59 Å². The normalized spacial score (nSPS) is 21.1. The maximum absolute atomic E-state index is 12.0. The molecule has 1 aliphatic heterocycles. The van der Waals surface area contributed by atoms with Gasteiger partial charge in [-0.05, 0) is 62.3 Å². The zero-order valence-electron chi connectivity index (χ0n) is 23.1. The first-order valence-electron chi connectivity index (χ1n) is 13.6. The van der Waals surface area contributed by atoms with Crippen molar-refractivity contribution in [3.63, 3.8) is 0 Å². The van der Waals surface area contributed by atoms with Crippen LogP contribution in [0, 0.1) is 12.8 Å². The van der Waals surface area contributed by atoms with Crippen molar-refractivity contribution in [3.8, 4) is 5.82 Å². The number of ether oxygens (including phenoxy) is 3. The second-order valence-corrected chi connectivity index (χ2v) is 10.4. The monoisotopic (exact) mass is 532 g/mol. The van der Waals surface area contributed by atoms with E-state index in [1.807, 2.05) is 19.2 Å². The van der Waals surface area contributed by atoms with Crippen LogP contribution in [-0.4, -0.2) is 53.3 Å². The second-order valence-electron chi connectivity index (χ2n) is 10.4. The minimum absolute atomic E-state index is 0.131. The van der Waals surface area contributed by atoms with Gasteiger partial charge in [0.1, 0.15) is 17.2 Å². The first kappa shape index (κ1) is 27.0. The molecule has 2 unspecified atom stereocenters. The van der Waals surface area contributed by atoms with Gasteiger partial charge >= 0.3 is 5.97 Å². The van der Waals surface area contributed by atoms with Gasteiger partial charge in [-0.25, -0.2) is 9.97 Å². The molecule has 5 rings (SSSR count). The number of carbonyl (C=O) groups is 2. The van der Waals surface area contributed by atoms with E-state index in [-0.39, 0.29) is 17.8 Å². The number of pyridine rings is 2. The van der Waals surface area contributed by atoms with Gasteiger partial charge in [-0.1, -0.05) is 6.08 Å². The Kier molecular flexibility index (Phi) is 7.81. The van der Waals surface area contributed by atoms with Crippen LogP contribution in [0.4, 0.5) is 5.82 Å². The number of aromatic nitrogens is 3. The number of hydrogen-bond acceptors (Lipinski definition) is 7. The summed E-state index contributed by atoms with van der Waals surface area (Å²) in [5, 5.41) is 3.78. The predicted octanol–water partition coefficient (Wildman–Crippen LogP) is 5.09. The van der Waals surface area contributed by atoms with Crippen LogP contribution < -0.4 is 5.32 Å². The molecule has 0 bridgehead atoms. The van der Waals surface area contributed by atoms with Crippen LogP contribution in [0.1, 0.15) is 62.8 Å². The van der Waals surface area contributed by atoms with Gasteiger partial charge in [0.2, 0.25) is 5.91 Å². The number of methoxy groups -OCH3 is 1. The molecule has 4 heterocycles. The average Bonchev–Trinajstić information content (AvgIpc) is 3.54. The van der Waals surface area contributed by atoms with Gasteiger partial charge in [-0.15, -0.1) is 0 Å². The third kappa shape index (κ3) is 5.60. The molecule has 0 radical (unpaired) electrons. The number of nitrogens with zero attached hydrogens (tertiary/aromatic N) is 3. The Morgan fingerprint density at radius 3 is 2.79 bits per heavy atom. The van der Waals surface area contributed by atoms with E-state index in [1.54, 1.807) is 7.11 Å². The van der Waals surface area contributed by atoms with Crippen LogP contribution in [0.2, 0.25) is 0 Å². The molecular formula is C30H36N4O5. The van der Waals surface area contributed by atoms with Crippen molar-refractivity contribution in [1.82, 2.24) is 14.5 Å². The van der Waals surface area contributed by atoms with Crippen LogP contribution in [0.15, 0.2) is 36.7 Å². The van der Waals surface area contributed by atoms with Gasteiger partial charge in [-0.3, -0.25) is 9.59 Å². The number of anilines is 1. The van der Waals surface area contributed by atoms with Crippen molar-refractivity contribution in [3.05, 3.63) is 53.5 Å². The van der Waals surface area contributed by atoms with E-state index in [0.717, 1.165) is 59.2 Å². The Labute approximate surface area is 228 Å². The zero-order chi connectivity index (χ0) is 27.6. The van der Waals surface area contributed by atoms with Crippen molar-refractivity contribution in [1.29, 1.82) is 0 Å². The van der Waals surface area contributed by atoms with Gasteiger partial charge in [0.15, 0.2) is 0 Å². The summed E-state index contributed by atoms with van der Waals surface area (Å²) in [7, 11) is 1.71. The van der Waals surface area contributed by atoms with E-state index in [2.05, 4.69) is 46.2 Å². The van der Waals surface area contributed by atoms with Crippen molar-refractivity contribution in [2.24, 2.45) is 5.92 Å².